The number of benzene rings is 3. The van der Waals surface area contributed by atoms with Crippen molar-refractivity contribution < 1.29 is 14.3 Å². The van der Waals surface area contributed by atoms with Crippen LogP contribution in [0.2, 0.25) is 0 Å². The second kappa shape index (κ2) is 9.04. The summed E-state index contributed by atoms with van der Waals surface area (Å²) in [5.41, 5.74) is 3.87. The number of rotatable bonds is 6. The van der Waals surface area contributed by atoms with E-state index in [-0.39, 0.29) is 24.2 Å². The van der Waals surface area contributed by atoms with Crippen molar-refractivity contribution >= 4 is 23.2 Å². The van der Waals surface area contributed by atoms with Crippen LogP contribution in [-0.2, 0) is 16.0 Å². The molecule has 3 aromatic rings. The van der Waals surface area contributed by atoms with Crippen LogP contribution >= 0.6 is 0 Å². The van der Waals surface area contributed by atoms with Gasteiger partial charge in [-0.05, 0) is 73.0 Å². The predicted octanol–water partition coefficient (Wildman–Crippen LogP) is 5.34. The van der Waals surface area contributed by atoms with Gasteiger partial charge in [0, 0.05) is 24.3 Å². The van der Waals surface area contributed by atoms with Crippen molar-refractivity contribution in [3.05, 3.63) is 83.9 Å². The summed E-state index contributed by atoms with van der Waals surface area (Å²) in [6.45, 7) is 4.50. The van der Waals surface area contributed by atoms with Crippen LogP contribution in [0.3, 0.4) is 0 Å². The van der Waals surface area contributed by atoms with Crippen LogP contribution < -0.4 is 15.0 Å². The molecule has 1 heterocycles. The first kappa shape index (κ1) is 20.7. The van der Waals surface area contributed by atoms with E-state index in [2.05, 4.69) is 12.2 Å². The largest absolute Gasteiger partial charge is 0.457 e. The molecule has 158 valence electrons. The number of nitrogens with one attached hydrogen (secondary N) is 1. The molecule has 4 rings (SSSR count). The minimum atomic E-state index is -0.374. The third kappa shape index (κ3) is 4.94. The third-order valence-corrected chi connectivity index (χ3v) is 5.50. The monoisotopic (exact) mass is 414 g/mol. The maximum atomic E-state index is 12.7. The molecule has 1 atom stereocenters. The van der Waals surface area contributed by atoms with E-state index in [1.54, 1.807) is 17.0 Å². The van der Waals surface area contributed by atoms with Crippen molar-refractivity contribution in [3.8, 4) is 11.5 Å². The standard InChI is InChI=1S/C26H26N2O3/c1-3-19-7-11-22(12-8-19)28-17-20(16-25(28)29)26(30)27-21-9-13-23(14-10-21)31-24-6-4-5-18(2)15-24/h4-15,20H,3,16-17H2,1-2H3,(H,27,30)/t20-/m1/s1. The van der Waals surface area contributed by atoms with Crippen LogP contribution in [-0.4, -0.2) is 18.4 Å². The SMILES string of the molecule is CCc1ccc(N2C[C@H](C(=O)Nc3ccc(Oc4cccc(C)c4)cc3)CC2=O)cc1. The van der Waals surface area contributed by atoms with Crippen molar-refractivity contribution in [1.82, 2.24) is 0 Å². The average Bonchev–Trinajstić information content (AvgIpc) is 3.17. The van der Waals surface area contributed by atoms with Gasteiger partial charge in [-0.2, -0.15) is 0 Å². The van der Waals surface area contributed by atoms with Gasteiger partial charge in [0.1, 0.15) is 11.5 Å². The quantitative estimate of drug-likeness (QED) is 0.592. The zero-order chi connectivity index (χ0) is 21.8. The van der Waals surface area contributed by atoms with E-state index in [4.69, 9.17) is 4.74 Å². The Morgan fingerprint density at radius 2 is 1.77 bits per heavy atom. The predicted molar refractivity (Wildman–Crippen MR) is 123 cm³/mol. The highest BCUT2D eigenvalue weighted by molar-refractivity contribution is 6.03. The van der Waals surface area contributed by atoms with E-state index >= 15 is 0 Å². The number of ether oxygens (including phenoxy) is 1. The van der Waals surface area contributed by atoms with Crippen molar-refractivity contribution in [3.63, 3.8) is 0 Å². The second-order valence-electron chi connectivity index (χ2n) is 7.86. The van der Waals surface area contributed by atoms with Gasteiger partial charge in [-0.25, -0.2) is 0 Å². The van der Waals surface area contributed by atoms with Gasteiger partial charge < -0.3 is 15.0 Å². The zero-order valence-electron chi connectivity index (χ0n) is 17.8. The molecule has 0 spiro atoms. The van der Waals surface area contributed by atoms with E-state index in [0.29, 0.717) is 18.0 Å². The first-order valence-electron chi connectivity index (χ1n) is 10.6. The summed E-state index contributed by atoms with van der Waals surface area (Å²) < 4.78 is 5.85. The zero-order valence-corrected chi connectivity index (χ0v) is 17.8. The minimum Gasteiger partial charge on any atom is -0.457 e. The number of anilines is 2. The fourth-order valence-electron chi connectivity index (χ4n) is 3.71. The van der Waals surface area contributed by atoms with Crippen LogP contribution in [0.1, 0.15) is 24.5 Å². The van der Waals surface area contributed by atoms with Crippen molar-refractivity contribution in [2.24, 2.45) is 5.92 Å². The van der Waals surface area contributed by atoms with Crippen LogP contribution in [0.15, 0.2) is 72.8 Å². The number of carbonyl (C=O) groups excluding carboxylic acids is 2. The summed E-state index contributed by atoms with van der Waals surface area (Å²) in [6, 6.07) is 23.0. The molecular formula is C26H26N2O3. The van der Waals surface area contributed by atoms with Gasteiger partial charge in [0.15, 0.2) is 0 Å². The normalized spacial score (nSPS) is 15.7. The molecule has 0 aromatic heterocycles. The van der Waals surface area contributed by atoms with Gasteiger partial charge in [-0.3, -0.25) is 9.59 Å². The van der Waals surface area contributed by atoms with Crippen LogP contribution in [0, 0.1) is 12.8 Å². The maximum Gasteiger partial charge on any atom is 0.229 e. The first-order valence-corrected chi connectivity index (χ1v) is 10.6. The molecule has 1 fully saturated rings. The molecule has 0 bridgehead atoms. The molecule has 1 aliphatic heterocycles. The summed E-state index contributed by atoms with van der Waals surface area (Å²) in [6.07, 6.45) is 1.17. The molecule has 2 amide bonds. The summed E-state index contributed by atoms with van der Waals surface area (Å²) in [5.74, 6) is 0.927. The van der Waals surface area contributed by atoms with Crippen LogP contribution in [0.5, 0.6) is 11.5 Å². The van der Waals surface area contributed by atoms with E-state index in [1.807, 2.05) is 67.6 Å². The fourth-order valence-corrected chi connectivity index (χ4v) is 3.71. The molecule has 5 nitrogen and oxygen atoms in total. The Hall–Kier alpha value is -3.60. The summed E-state index contributed by atoms with van der Waals surface area (Å²) in [4.78, 5) is 26.9. The van der Waals surface area contributed by atoms with E-state index in [9.17, 15) is 9.59 Å². The Labute approximate surface area is 182 Å². The molecule has 5 heteroatoms. The molecule has 1 saturated heterocycles. The van der Waals surface area contributed by atoms with E-state index in [0.717, 1.165) is 23.4 Å². The van der Waals surface area contributed by atoms with Gasteiger partial charge in [0.2, 0.25) is 11.8 Å². The average molecular weight is 415 g/mol. The van der Waals surface area contributed by atoms with Gasteiger partial charge in [-0.1, -0.05) is 31.2 Å². The van der Waals surface area contributed by atoms with Crippen molar-refractivity contribution in [1.29, 1.82) is 0 Å². The molecule has 0 saturated carbocycles. The molecule has 1 aliphatic rings. The van der Waals surface area contributed by atoms with Crippen LogP contribution in [0.4, 0.5) is 11.4 Å². The number of nitrogens with zero attached hydrogens (tertiary/aromatic N) is 1. The number of aryl methyl sites for hydroxylation is 2. The van der Waals surface area contributed by atoms with E-state index in [1.165, 1.54) is 5.56 Å². The topological polar surface area (TPSA) is 58.6 Å². The van der Waals surface area contributed by atoms with E-state index < -0.39 is 0 Å². The molecular weight excluding hydrogens is 388 g/mol. The number of hydrogen-bond donors (Lipinski definition) is 1. The molecule has 3 aromatic carbocycles. The maximum absolute atomic E-state index is 12.7. The highest BCUT2D eigenvalue weighted by Crippen LogP contribution is 2.27. The molecule has 1 N–H and O–H groups in total. The minimum absolute atomic E-state index is 0.0219. The molecule has 0 aliphatic carbocycles. The smallest absolute Gasteiger partial charge is 0.229 e. The fraction of sp³-hybridized carbons (Fsp3) is 0.231. The molecule has 0 radical (unpaired) electrons. The lowest BCUT2D eigenvalue weighted by atomic mass is 10.1. The second-order valence-corrected chi connectivity index (χ2v) is 7.86. The van der Waals surface area contributed by atoms with Gasteiger partial charge >= 0.3 is 0 Å². The van der Waals surface area contributed by atoms with Gasteiger partial charge in [0.05, 0.1) is 5.92 Å². The molecule has 31 heavy (non-hydrogen) atoms. The molecule has 0 unspecified atom stereocenters. The number of amides is 2. The number of hydrogen-bond acceptors (Lipinski definition) is 3. The summed E-state index contributed by atoms with van der Waals surface area (Å²) in [5, 5.41) is 2.92. The van der Waals surface area contributed by atoms with Gasteiger partial charge in [-0.15, -0.1) is 0 Å². The highest BCUT2D eigenvalue weighted by Gasteiger charge is 2.35. The lowest BCUT2D eigenvalue weighted by Crippen LogP contribution is -2.28. The lowest BCUT2D eigenvalue weighted by Gasteiger charge is -2.17. The van der Waals surface area contributed by atoms with Crippen LogP contribution in [0.25, 0.3) is 0 Å². The summed E-state index contributed by atoms with van der Waals surface area (Å²) in [7, 11) is 0. The highest BCUT2D eigenvalue weighted by atomic mass is 16.5. The van der Waals surface area contributed by atoms with Gasteiger partial charge in [0.25, 0.3) is 0 Å². The third-order valence-electron chi connectivity index (χ3n) is 5.50. The first-order chi connectivity index (χ1) is 15.0. The van der Waals surface area contributed by atoms with Crippen molar-refractivity contribution in [2.75, 3.05) is 16.8 Å². The Kier molecular flexibility index (Phi) is 6.03. The summed E-state index contributed by atoms with van der Waals surface area (Å²) >= 11 is 0. The Bertz CT molecular complexity index is 1070. The Morgan fingerprint density at radius 3 is 2.45 bits per heavy atom. The number of carbonyl (C=O) groups is 2. The lowest BCUT2D eigenvalue weighted by molar-refractivity contribution is -0.122. The Balaban J connectivity index is 1.36. The Morgan fingerprint density at radius 1 is 1.03 bits per heavy atom. The van der Waals surface area contributed by atoms with Crippen molar-refractivity contribution in [2.45, 2.75) is 26.7 Å².